The Kier molecular flexibility index (Phi) is 7.07. The van der Waals surface area contributed by atoms with Crippen LogP contribution in [0.2, 0.25) is 4.34 Å². The van der Waals surface area contributed by atoms with Crippen molar-refractivity contribution >= 4 is 50.2 Å². The molecule has 182 valence electrons. The van der Waals surface area contributed by atoms with E-state index in [1.807, 2.05) is 0 Å². The summed E-state index contributed by atoms with van der Waals surface area (Å²) in [5, 5.41) is 5.08. The first kappa shape index (κ1) is 25.1. The number of thiazole rings is 1. The second-order valence-electron chi connectivity index (χ2n) is 7.71. The quantitative estimate of drug-likeness (QED) is 0.436. The van der Waals surface area contributed by atoms with Gasteiger partial charge in [0.1, 0.15) is 15.3 Å². The van der Waals surface area contributed by atoms with Crippen molar-refractivity contribution in [1.82, 2.24) is 14.6 Å². The minimum absolute atomic E-state index is 0.0892. The molecule has 1 aliphatic rings. The van der Waals surface area contributed by atoms with Crippen LogP contribution < -0.4 is 5.32 Å². The summed E-state index contributed by atoms with van der Waals surface area (Å²) >= 11 is 8.09. The third-order valence-electron chi connectivity index (χ3n) is 5.38. The smallest absolute Gasteiger partial charge is 0.346 e. The van der Waals surface area contributed by atoms with Crippen molar-refractivity contribution in [2.45, 2.75) is 42.2 Å². The van der Waals surface area contributed by atoms with Gasteiger partial charge in [0.15, 0.2) is 0 Å². The number of benzene rings is 1. The monoisotopic (exact) mass is 549 g/mol. The molecule has 0 saturated carbocycles. The first-order valence-corrected chi connectivity index (χ1v) is 13.7. The minimum Gasteiger partial charge on any atom is -0.346 e. The van der Waals surface area contributed by atoms with E-state index in [9.17, 15) is 26.4 Å². The second kappa shape index (κ2) is 9.57. The first-order chi connectivity index (χ1) is 16.0. The fourth-order valence-corrected chi connectivity index (χ4v) is 7.77. The first-order valence-electron chi connectivity index (χ1n) is 10.2. The van der Waals surface area contributed by atoms with Crippen LogP contribution in [0.4, 0.5) is 13.2 Å². The van der Waals surface area contributed by atoms with Crippen molar-refractivity contribution in [2.75, 3.05) is 6.54 Å². The maximum atomic E-state index is 13.0. The number of carbonyl (C=O) groups excluding carboxylic acids is 1. The summed E-state index contributed by atoms with van der Waals surface area (Å²) in [7, 11) is -3.85. The predicted molar refractivity (Wildman–Crippen MR) is 125 cm³/mol. The van der Waals surface area contributed by atoms with E-state index in [2.05, 4.69) is 10.3 Å². The molecule has 1 amide bonds. The van der Waals surface area contributed by atoms with Crippen LogP contribution in [0, 0.1) is 0 Å². The van der Waals surface area contributed by atoms with Gasteiger partial charge in [-0.05, 0) is 44.0 Å². The Labute approximate surface area is 207 Å². The van der Waals surface area contributed by atoms with Crippen LogP contribution in [0.3, 0.4) is 0 Å². The topological polar surface area (TPSA) is 79.4 Å². The molecule has 1 aliphatic heterocycles. The summed E-state index contributed by atoms with van der Waals surface area (Å²) in [5.41, 5.74) is 0.277. The molecule has 34 heavy (non-hydrogen) atoms. The van der Waals surface area contributed by atoms with E-state index in [-0.39, 0.29) is 10.8 Å². The average Bonchev–Trinajstić information content (AvgIpc) is 3.53. The summed E-state index contributed by atoms with van der Waals surface area (Å²) in [5.74, 6) is -0.428. The molecule has 6 nitrogen and oxygen atoms in total. The summed E-state index contributed by atoms with van der Waals surface area (Å²) in [6, 6.07) is 6.26. The Morgan fingerprint density at radius 2 is 1.94 bits per heavy atom. The van der Waals surface area contributed by atoms with E-state index in [1.165, 1.54) is 39.9 Å². The third kappa shape index (κ3) is 5.15. The zero-order valence-corrected chi connectivity index (χ0v) is 20.9. The number of halogens is 4. The summed E-state index contributed by atoms with van der Waals surface area (Å²) in [6.45, 7) is 1.96. The van der Waals surface area contributed by atoms with E-state index < -0.39 is 39.8 Å². The van der Waals surface area contributed by atoms with Crippen molar-refractivity contribution in [3.8, 4) is 11.3 Å². The third-order valence-corrected chi connectivity index (χ3v) is 10.0. The Morgan fingerprint density at radius 3 is 2.56 bits per heavy atom. The van der Waals surface area contributed by atoms with Gasteiger partial charge in [-0.1, -0.05) is 23.7 Å². The highest BCUT2D eigenvalue weighted by Gasteiger charge is 2.40. The number of thiophene rings is 1. The number of hydrogen-bond donors (Lipinski definition) is 1. The normalized spacial score (nSPS) is 18.2. The number of nitrogens with zero attached hydrogens (tertiary/aromatic N) is 2. The van der Waals surface area contributed by atoms with Crippen molar-refractivity contribution in [3.05, 3.63) is 56.7 Å². The summed E-state index contributed by atoms with van der Waals surface area (Å²) in [6.07, 6.45) is -3.46. The van der Waals surface area contributed by atoms with Crippen molar-refractivity contribution < 1.29 is 26.4 Å². The number of aromatic nitrogens is 1. The van der Waals surface area contributed by atoms with Crippen LogP contribution in [-0.4, -0.2) is 36.2 Å². The SMILES string of the molecule is C[C@H](NC(=O)[C@@H]1CCCN1S(=O)(=O)c1ccc(Cl)s1)c1nc(-c2ccc(C(F)(F)F)cc2)cs1. The average molecular weight is 550 g/mol. The standard InChI is InChI=1S/C21H19ClF3N3O3S3/c1-12(20-27-15(11-32-20)13-4-6-14(7-5-13)21(23,24)25)26-19(29)16-3-2-10-28(16)34(30,31)18-9-8-17(22)33-18/h4-9,11-12,16H,2-3,10H2,1H3,(H,26,29)/t12-,16-/m0/s1. The highest BCUT2D eigenvalue weighted by Crippen LogP contribution is 2.34. The molecule has 3 aromatic rings. The molecule has 1 saturated heterocycles. The molecule has 0 radical (unpaired) electrons. The number of carbonyl (C=O) groups is 1. The molecular weight excluding hydrogens is 531 g/mol. The van der Waals surface area contributed by atoms with E-state index in [0.29, 0.717) is 33.4 Å². The van der Waals surface area contributed by atoms with Gasteiger partial charge in [0, 0.05) is 17.5 Å². The van der Waals surface area contributed by atoms with Gasteiger partial charge >= 0.3 is 6.18 Å². The lowest BCUT2D eigenvalue weighted by Crippen LogP contribution is -2.46. The summed E-state index contributed by atoms with van der Waals surface area (Å²) in [4.78, 5) is 17.4. The zero-order chi connectivity index (χ0) is 24.7. The zero-order valence-electron chi connectivity index (χ0n) is 17.7. The largest absolute Gasteiger partial charge is 0.416 e. The maximum Gasteiger partial charge on any atom is 0.416 e. The predicted octanol–water partition coefficient (Wildman–Crippen LogP) is 5.57. The number of alkyl halides is 3. The van der Waals surface area contributed by atoms with Gasteiger partial charge in [0.2, 0.25) is 5.91 Å². The van der Waals surface area contributed by atoms with Crippen molar-refractivity contribution in [2.24, 2.45) is 0 Å². The number of rotatable bonds is 6. The van der Waals surface area contributed by atoms with Crippen LogP contribution in [0.5, 0.6) is 0 Å². The Morgan fingerprint density at radius 1 is 1.24 bits per heavy atom. The fourth-order valence-electron chi connectivity index (χ4n) is 3.66. The molecular formula is C21H19ClF3N3O3S3. The molecule has 0 bridgehead atoms. The molecule has 13 heteroatoms. The molecule has 3 heterocycles. The van der Waals surface area contributed by atoms with Gasteiger partial charge < -0.3 is 5.32 Å². The molecule has 2 aromatic heterocycles. The maximum absolute atomic E-state index is 13.0. The van der Waals surface area contributed by atoms with E-state index in [4.69, 9.17) is 11.6 Å². The van der Waals surface area contributed by atoms with Crippen molar-refractivity contribution in [3.63, 3.8) is 0 Å². The van der Waals surface area contributed by atoms with E-state index >= 15 is 0 Å². The number of hydrogen-bond acceptors (Lipinski definition) is 6. The molecule has 2 atom stereocenters. The Hall–Kier alpha value is -1.99. The van der Waals surface area contributed by atoms with Crippen molar-refractivity contribution in [1.29, 1.82) is 0 Å². The summed E-state index contributed by atoms with van der Waals surface area (Å²) < 4.78 is 65.9. The van der Waals surface area contributed by atoms with E-state index in [1.54, 1.807) is 12.3 Å². The van der Waals surface area contributed by atoms with Gasteiger partial charge in [-0.15, -0.1) is 22.7 Å². The molecule has 0 spiro atoms. The fraction of sp³-hybridized carbons (Fsp3) is 0.333. The second-order valence-corrected chi connectivity index (χ2v) is 12.4. The van der Waals surface area contributed by atoms with Gasteiger partial charge in [-0.25, -0.2) is 13.4 Å². The molecule has 1 N–H and O–H groups in total. The molecule has 0 unspecified atom stereocenters. The van der Waals surface area contributed by atoms with Crippen LogP contribution in [0.15, 0.2) is 46.0 Å². The van der Waals surface area contributed by atoms with Gasteiger partial charge in [0.25, 0.3) is 10.0 Å². The lowest BCUT2D eigenvalue weighted by Gasteiger charge is -2.24. The van der Waals surface area contributed by atoms with E-state index in [0.717, 1.165) is 23.5 Å². The Balaban J connectivity index is 1.45. The minimum atomic E-state index is -4.41. The van der Waals surface area contributed by atoms with Crippen LogP contribution >= 0.6 is 34.3 Å². The van der Waals surface area contributed by atoms with Crippen LogP contribution in [0.25, 0.3) is 11.3 Å². The highest BCUT2D eigenvalue weighted by molar-refractivity contribution is 7.91. The highest BCUT2D eigenvalue weighted by atomic mass is 35.5. The van der Waals surface area contributed by atoms with Crippen LogP contribution in [0.1, 0.15) is 36.4 Å². The lowest BCUT2D eigenvalue weighted by atomic mass is 10.1. The molecule has 4 rings (SSSR count). The lowest BCUT2D eigenvalue weighted by molar-refractivity contribution is -0.137. The van der Waals surface area contributed by atoms with Crippen LogP contribution in [-0.2, 0) is 21.0 Å². The number of amides is 1. The Bertz CT molecular complexity index is 1290. The van der Waals surface area contributed by atoms with Gasteiger partial charge in [0.05, 0.1) is 21.6 Å². The molecule has 1 aromatic carbocycles. The van der Waals surface area contributed by atoms with Gasteiger partial charge in [-0.3, -0.25) is 4.79 Å². The number of nitrogens with one attached hydrogen (secondary N) is 1. The molecule has 0 aliphatic carbocycles. The molecule has 1 fully saturated rings. The number of sulfonamides is 1. The van der Waals surface area contributed by atoms with Gasteiger partial charge in [-0.2, -0.15) is 17.5 Å².